The molecule has 1 aromatic heterocycles. The SMILES string of the molecule is CCOC(=O)CCc1cnc(C#N)c(OC[C@H](O)C[N+](C)(C)CCC2Cc3ccccc3C2)c1. The van der Waals surface area contributed by atoms with Gasteiger partial charge in [-0.25, -0.2) is 4.98 Å². The highest BCUT2D eigenvalue weighted by atomic mass is 16.5. The number of nitriles is 1. The lowest BCUT2D eigenvalue weighted by atomic mass is 10.0. The highest BCUT2D eigenvalue weighted by Crippen LogP contribution is 2.29. The summed E-state index contributed by atoms with van der Waals surface area (Å²) in [4.78, 5) is 15.7. The topological polar surface area (TPSA) is 92.4 Å². The number of carbonyl (C=O) groups excluding carboxylic acids is 1. The molecule has 2 aromatic rings. The third kappa shape index (κ3) is 7.54. The van der Waals surface area contributed by atoms with Crippen LogP contribution >= 0.6 is 0 Å². The van der Waals surface area contributed by atoms with Crippen molar-refractivity contribution in [2.75, 3.05) is 40.4 Å². The zero-order valence-electron chi connectivity index (χ0n) is 20.5. The highest BCUT2D eigenvalue weighted by Gasteiger charge is 2.26. The normalized spacial score (nSPS) is 14.3. The molecule has 34 heavy (non-hydrogen) atoms. The number of hydrogen-bond donors (Lipinski definition) is 1. The van der Waals surface area contributed by atoms with Gasteiger partial charge >= 0.3 is 5.97 Å². The zero-order chi connectivity index (χ0) is 24.6. The number of quaternary nitrogens is 1. The molecule has 1 atom stereocenters. The Morgan fingerprint density at radius 3 is 2.65 bits per heavy atom. The summed E-state index contributed by atoms with van der Waals surface area (Å²) in [5, 5.41) is 20.0. The lowest BCUT2D eigenvalue weighted by Gasteiger charge is -2.32. The van der Waals surface area contributed by atoms with Crippen molar-refractivity contribution in [3.8, 4) is 11.8 Å². The van der Waals surface area contributed by atoms with Crippen molar-refractivity contribution in [3.05, 3.63) is 58.9 Å². The molecular formula is C27H36N3O4+. The Morgan fingerprint density at radius 2 is 2.00 bits per heavy atom. The molecule has 0 aliphatic heterocycles. The fourth-order valence-corrected chi connectivity index (χ4v) is 4.58. The fourth-order valence-electron chi connectivity index (χ4n) is 4.58. The smallest absolute Gasteiger partial charge is 0.306 e. The molecule has 1 aromatic carbocycles. The van der Waals surface area contributed by atoms with Crippen LogP contribution in [0, 0.1) is 17.2 Å². The first kappa shape index (κ1) is 25.7. The van der Waals surface area contributed by atoms with Crippen LogP contribution in [0.4, 0.5) is 0 Å². The Morgan fingerprint density at radius 1 is 1.29 bits per heavy atom. The van der Waals surface area contributed by atoms with Crippen LogP contribution in [0.5, 0.6) is 5.75 Å². The summed E-state index contributed by atoms with van der Waals surface area (Å²) in [6.45, 7) is 3.72. The Balaban J connectivity index is 1.47. The number of fused-ring (bicyclic) bond motifs is 1. The number of aliphatic hydroxyl groups excluding tert-OH is 1. The average molecular weight is 467 g/mol. The summed E-state index contributed by atoms with van der Waals surface area (Å²) in [5.74, 6) is 0.716. The molecule has 182 valence electrons. The molecule has 7 nitrogen and oxygen atoms in total. The van der Waals surface area contributed by atoms with Crippen LogP contribution in [0.15, 0.2) is 36.5 Å². The van der Waals surface area contributed by atoms with E-state index < -0.39 is 6.10 Å². The minimum Gasteiger partial charge on any atom is -0.488 e. The predicted octanol–water partition coefficient (Wildman–Crippen LogP) is 3.07. The van der Waals surface area contributed by atoms with Gasteiger partial charge in [-0.1, -0.05) is 24.3 Å². The second-order valence-electron chi connectivity index (χ2n) is 9.75. The van der Waals surface area contributed by atoms with E-state index in [1.54, 1.807) is 19.2 Å². The van der Waals surface area contributed by atoms with Crippen LogP contribution in [-0.4, -0.2) is 67.0 Å². The van der Waals surface area contributed by atoms with Gasteiger partial charge in [0, 0.05) is 19.0 Å². The molecule has 0 bridgehead atoms. The maximum Gasteiger partial charge on any atom is 0.306 e. The number of rotatable bonds is 12. The Hall–Kier alpha value is -2.95. The first-order valence-corrected chi connectivity index (χ1v) is 12.0. The second-order valence-corrected chi connectivity index (χ2v) is 9.75. The molecule has 0 spiro atoms. The molecule has 0 saturated heterocycles. The molecule has 0 unspecified atom stereocenters. The number of aliphatic hydroxyl groups is 1. The second kappa shape index (κ2) is 12.0. The van der Waals surface area contributed by atoms with Crippen molar-refractivity contribution in [1.82, 2.24) is 4.98 Å². The van der Waals surface area contributed by atoms with E-state index in [4.69, 9.17) is 9.47 Å². The van der Waals surface area contributed by atoms with Gasteiger partial charge in [-0.15, -0.1) is 0 Å². The van der Waals surface area contributed by atoms with E-state index in [1.165, 1.54) is 11.1 Å². The van der Waals surface area contributed by atoms with Gasteiger partial charge in [-0.2, -0.15) is 5.26 Å². The van der Waals surface area contributed by atoms with Gasteiger partial charge < -0.3 is 19.1 Å². The van der Waals surface area contributed by atoms with Gasteiger partial charge in [-0.05, 0) is 54.9 Å². The molecule has 0 radical (unpaired) electrons. The van der Waals surface area contributed by atoms with Gasteiger partial charge in [0.25, 0.3) is 0 Å². The summed E-state index contributed by atoms with van der Waals surface area (Å²) in [5.41, 5.74) is 3.89. The molecule has 1 aliphatic carbocycles. The van der Waals surface area contributed by atoms with Crippen LogP contribution < -0.4 is 4.74 Å². The minimum absolute atomic E-state index is 0.0776. The minimum atomic E-state index is -0.675. The standard InChI is InChI=1S/C27H36N3O4/c1-4-33-27(32)10-9-21-15-26(25(16-28)29-17-21)34-19-24(31)18-30(2,3)12-11-20-13-22-7-5-6-8-23(22)14-20/h5-8,15,17,20,24,31H,4,9-14,18-19H2,1-3H3/q+1/t24-/m1/s1. The van der Waals surface area contributed by atoms with E-state index in [-0.39, 0.29) is 24.7 Å². The number of carbonyl (C=O) groups is 1. The highest BCUT2D eigenvalue weighted by molar-refractivity contribution is 5.69. The van der Waals surface area contributed by atoms with Crippen LogP contribution in [-0.2, 0) is 28.8 Å². The number of aromatic nitrogens is 1. The number of esters is 1. The van der Waals surface area contributed by atoms with Crippen molar-refractivity contribution in [1.29, 1.82) is 5.26 Å². The summed E-state index contributed by atoms with van der Waals surface area (Å²) in [7, 11) is 4.26. The van der Waals surface area contributed by atoms with Gasteiger partial charge in [0.1, 0.15) is 25.3 Å². The summed E-state index contributed by atoms with van der Waals surface area (Å²) in [6, 6.07) is 12.4. The molecule has 7 heteroatoms. The maximum absolute atomic E-state index is 11.6. The number of nitrogens with zero attached hydrogens (tertiary/aromatic N) is 3. The molecule has 0 saturated carbocycles. The molecule has 0 amide bonds. The lowest BCUT2D eigenvalue weighted by molar-refractivity contribution is -0.894. The summed E-state index contributed by atoms with van der Waals surface area (Å²) >= 11 is 0. The zero-order valence-corrected chi connectivity index (χ0v) is 20.5. The molecule has 0 fully saturated rings. The number of ether oxygens (including phenoxy) is 2. The van der Waals surface area contributed by atoms with Crippen LogP contribution in [0.3, 0.4) is 0 Å². The number of hydrogen-bond acceptors (Lipinski definition) is 6. The van der Waals surface area contributed by atoms with Crippen molar-refractivity contribution in [3.63, 3.8) is 0 Å². The van der Waals surface area contributed by atoms with Crippen molar-refractivity contribution >= 4 is 5.97 Å². The number of likely N-dealkylation sites (N-methyl/N-ethyl adjacent to an activating group) is 1. The lowest BCUT2D eigenvalue weighted by Crippen LogP contribution is -2.48. The molecule has 1 N–H and O–H groups in total. The van der Waals surface area contributed by atoms with Gasteiger partial charge in [0.2, 0.25) is 0 Å². The van der Waals surface area contributed by atoms with E-state index >= 15 is 0 Å². The van der Waals surface area contributed by atoms with Gasteiger partial charge in [0.15, 0.2) is 11.4 Å². The molecule has 1 heterocycles. The Labute approximate surface area is 202 Å². The predicted molar refractivity (Wildman–Crippen MR) is 129 cm³/mol. The Bertz CT molecular complexity index is 990. The third-order valence-corrected chi connectivity index (χ3v) is 6.35. The monoisotopic (exact) mass is 466 g/mol. The first-order valence-electron chi connectivity index (χ1n) is 12.0. The van der Waals surface area contributed by atoms with Crippen molar-refractivity contribution in [2.45, 2.75) is 45.1 Å². The van der Waals surface area contributed by atoms with E-state index in [0.29, 0.717) is 35.7 Å². The number of aryl methyl sites for hydroxylation is 1. The molecular weight excluding hydrogens is 430 g/mol. The number of pyridine rings is 1. The van der Waals surface area contributed by atoms with Crippen molar-refractivity contribution < 1.29 is 23.9 Å². The van der Waals surface area contributed by atoms with Crippen LogP contribution in [0.1, 0.15) is 42.1 Å². The van der Waals surface area contributed by atoms with Gasteiger partial charge in [0.05, 0.1) is 27.2 Å². The van der Waals surface area contributed by atoms with Crippen LogP contribution in [0.2, 0.25) is 0 Å². The molecule has 1 aliphatic rings. The quantitative estimate of drug-likeness (QED) is 0.382. The Kier molecular flexibility index (Phi) is 9.03. The fraction of sp³-hybridized carbons (Fsp3) is 0.519. The average Bonchev–Trinajstić information content (AvgIpc) is 3.23. The molecule has 3 rings (SSSR count). The largest absolute Gasteiger partial charge is 0.488 e. The van der Waals surface area contributed by atoms with Crippen LogP contribution in [0.25, 0.3) is 0 Å². The van der Waals surface area contributed by atoms with Gasteiger partial charge in [-0.3, -0.25) is 4.79 Å². The van der Waals surface area contributed by atoms with Crippen molar-refractivity contribution in [2.24, 2.45) is 5.92 Å². The van der Waals surface area contributed by atoms with E-state index in [0.717, 1.165) is 31.4 Å². The summed E-state index contributed by atoms with van der Waals surface area (Å²) in [6.07, 6.45) is 4.97. The third-order valence-electron chi connectivity index (χ3n) is 6.35. The van der Waals surface area contributed by atoms with E-state index in [9.17, 15) is 15.2 Å². The van der Waals surface area contributed by atoms with E-state index in [2.05, 4.69) is 43.3 Å². The number of benzene rings is 1. The van der Waals surface area contributed by atoms with E-state index in [1.807, 2.05) is 6.07 Å². The summed E-state index contributed by atoms with van der Waals surface area (Å²) < 4.78 is 11.4. The first-order chi connectivity index (χ1) is 16.3. The maximum atomic E-state index is 11.6.